The molecule has 0 aliphatic carbocycles. The number of carboxylic acids is 2. The van der Waals surface area contributed by atoms with Gasteiger partial charge in [-0.1, -0.05) is 58.0 Å². The third-order valence-electron chi connectivity index (χ3n) is 5.48. The number of nitrogens with two attached hydrogens (primary N) is 1. The maximum atomic E-state index is 13.1. The number of carbonyl (C=O) groups is 5. The van der Waals surface area contributed by atoms with E-state index in [0.717, 1.165) is 5.56 Å². The van der Waals surface area contributed by atoms with Crippen LogP contribution in [0.2, 0.25) is 0 Å². The topological polar surface area (TPSA) is 188 Å². The van der Waals surface area contributed by atoms with E-state index in [1.807, 2.05) is 44.2 Å². The predicted octanol–water partition coefficient (Wildman–Crippen LogP) is 0.662. The molecule has 0 aromatic heterocycles. The van der Waals surface area contributed by atoms with Gasteiger partial charge in [-0.05, 0) is 36.7 Å². The molecule has 3 amide bonds. The quantitative estimate of drug-likeness (QED) is 0.200. The molecule has 1 aromatic rings. The molecule has 0 spiro atoms. The molecule has 11 heteroatoms. The van der Waals surface area contributed by atoms with Crippen molar-refractivity contribution in [3.8, 4) is 0 Å². The van der Waals surface area contributed by atoms with E-state index in [9.17, 15) is 29.1 Å². The van der Waals surface area contributed by atoms with E-state index < -0.39 is 66.2 Å². The first-order valence-electron chi connectivity index (χ1n) is 12.0. The van der Waals surface area contributed by atoms with Crippen molar-refractivity contribution in [3.63, 3.8) is 0 Å². The zero-order valence-electron chi connectivity index (χ0n) is 21.2. The van der Waals surface area contributed by atoms with E-state index in [4.69, 9.17) is 10.8 Å². The summed E-state index contributed by atoms with van der Waals surface area (Å²) in [7, 11) is 0. The van der Waals surface area contributed by atoms with Crippen LogP contribution in [-0.4, -0.2) is 64.0 Å². The van der Waals surface area contributed by atoms with Crippen LogP contribution in [0, 0.1) is 11.8 Å². The minimum absolute atomic E-state index is 0.0325. The van der Waals surface area contributed by atoms with E-state index in [1.165, 1.54) is 0 Å². The molecule has 200 valence electrons. The fraction of sp³-hybridized carbons (Fsp3) is 0.560. The first kappa shape index (κ1) is 30.6. The largest absolute Gasteiger partial charge is 0.481 e. The Morgan fingerprint density at radius 3 is 1.92 bits per heavy atom. The lowest BCUT2D eigenvalue weighted by Gasteiger charge is -2.27. The molecule has 1 rings (SSSR count). The van der Waals surface area contributed by atoms with Gasteiger partial charge >= 0.3 is 11.9 Å². The van der Waals surface area contributed by atoms with Gasteiger partial charge in [0, 0.05) is 6.42 Å². The van der Waals surface area contributed by atoms with Crippen molar-refractivity contribution in [2.45, 2.75) is 77.5 Å². The summed E-state index contributed by atoms with van der Waals surface area (Å²) >= 11 is 0. The highest BCUT2D eigenvalue weighted by Gasteiger charge is 2.32. The number of benzene rings is 1. The molecular weight excluding hydrogens is 468 g/mol. The van der Waals surface area contributed by atoms with Gasteiger partial charge < -0.3 is 31.9 Å². The van der Waals surface area contributed by atoms with Gasteiger partial charge in [-0.25, -0.2) is 4.79 Å². The zero-order valence-corrected chi connectivity index (χ0v) is 21.2. The number of hydrogen-bond donors (Lipinski definition) is 6. The number of nitrogens with one attached hydrogen (secondary N) is 3. The summed E-state index contributed by atoms with van der Waals surface area (Å²) in [5.41, 5.74) is 6.93. The summed E-state index contributed by atoms with van der Waals surface area (Å²) in [4.78, 5) is 60.9. The van der Waals surface area contributed by atoms with Crippen LogP contribution in [0.4, 0.5) is 0 Å². The average molecular weight is 507 g/mol. The van der Waals surface area contributed by atoms with Crippen molar-refractivity contribution < 1.29 is 34.2 Å². The molecule has 0 heterocycles. The molecule has 0 saturated carbocycles. The van der Waals surface area contributed by atoms with Gasteiger partial charge in [0.25, 0.3) is 0 Å². The standard InChI is InChI=1S/C25H38N4O7/c1-14(2)12-19(28-22(32)17(26)13-16-8-6-5-7-9-16)23(33)29-21(15(3)4)24(34)27-18(25(35)36)10-11-20(30)31/h5-9,14-15,17-19,21H,10-13,26H2,1-4H3,(H,27,34)(H,28,32)(H,29,33)(H,30,31)(H,35,36). The number of hydrogen-bond acceptors (Lipinski definition) is 6. The van der Waals surface area contributed by atoms with Gasteiger partial charge in [0.05, 0.1) is 6.04 Å². The Hall–Kier alpha value is -3.47. The lowest BCUT2D eigenvalue weighted by atomic mass is 9.98. The van der Waals surface area contributed by atoms with E-state index in [2.05, 4.69) is 16.0 Å². The second kappa shape index (κ2) is 14.8. The first-order chi connectivity index (χ1) is 16.8. The molecule has 11 nitrogen and oxygen atoms in total. The molecule has 0 radical (unpaired) electrons. The fourth-order valence-electron chi connectivity index (χ4n) is 3.52. The number of carboxylic acid groups (broad SMARTS) is 2. The predicted molar refractivity (Wildman–Crippen MR) is 133 cm³/mol. The average Bonchev–Trinajstić information content (AvgIpc) is 2.79. The maximum Gasteiger partial charge on any atom is 0.326 e. The number of aliphatic carboxylic acids is 2. The Morgan fingerprint density at radius 2 is 1.42 bits per heavy atom. The highest BCUT2D eigenvalue weighted by atomic mass is 16.4. The smallest absolute Gasteiger partial charge is 0.326 e. The van der Waals surface area contributed by atoms with Gasteiger partial charge in [0.2, 0.25) is 17.7 Å². The summed E-state index contributed by atoms with van der Waals surface area (Å²) in [6.07, 6.45) is -0.173. The number of rotatable bonds is 15. The lowest BCUT2D eigenvalue weighted by Crippen LogP contribution is -2.58. The third-order valence-corrected chi connectivity index (χ3v) is 5.48. The first-order valence-corrected chi connectivity index (χ1v) is 12.0. The molecule has 0 aliphatic rings. The van der Waals surface area contributed by atoms with Crippen LogP contribution in [0.5, 0.6) is 0 Å². The fourth-order valence-corrected chi connectivity index (χ4v) is 3.52. The molecule has 0 saturated heterocycles. The van der Waals surface area contributed by atoms with E-state index in [1.54, 1.807) is 13.8 Å². The van der Waals surface area contributed by atoms with Crippen molar-refractivity contribution in [3.05, 3.63) is 35.9 Å². The summed E-state index contributed by atoms with van der Waals surface area (Å²) < 4.78 is 0. The summed E-state index contributed by atoms with van der Waals surface area (Å²) in [6.45, 7) is 7.10. The molecule has 0 aliphatic heterocycles. The summed E-state index contributed by atoms with van der Waals surface area (Å²) in [5, 5.41) is 25.7. The van der Waals surface area contributed by atoms with Crippen LogP contribution in [0.1, 0.15) is 52.5 Å². The molecule has 0 bridgehead atoms. The number of amides is 3. The van der Waals surface area contributed by atoms with Crippen LogP contribution in [0.15, 0.2) is 30.3 Å². The SMILES string of the molecule is CC(C)CC(NC(=O)C(N)Cc1ccccc1)C(=O)NC(C(=O)NC(CCC(=O)O)C(=O)O)C(C)C. The highest BCUT2D eigenvalue weighted by Crippen LogP contribution is 2.10. The van der Waals surface area contributed by atoms with Crippen LogP contribution in [0.25, 0.3) is 0 Å². The second-order valence-electron chi connectivity index (χ2n) is 9.55. The van der Waals surface area contributed by atoms with Crippen molar-refractivity contribution in [2.24, 2.45) is 17.6 Å². The molecule has 4 unspecified atom stereocenters. The minimum Gasteiger partial charge on any atom is -0.481 e. The molecule has 36 heavy (non-hydrogen) atoms. The summed E-state index contributed by atoms with van der Waals surface area (Å²) in [5.74, 6) is -4.83. The van der Waals surface area contributed by atoms with Crippen LogP contribution in [0.3, 0.4) is 0 Å². The Balaban J connectivity index is 2.92. The normalized spacial score (nSPS) is 14.4. The van der Waals surface area contributed by atoms with Gasteiger partial charge in [0.1, 0.15) is 18.1 Å². The van der Waals surface area contributed by atoms with Gasteiger partial charge in [0.15, 0.2) is 0 Å². The van der Waals surface area contributed by atoms with Crippen molar-refractivity contribution >= 4 is 29.7 Å². The van der Waals surface area contributed by atoms with E-state index in [0.29, 0.717) is 6.42 Å². The molecule has 1 aromatic carbocycles. The highest BCUT2D eigenvalue weighted by molar-refractivity contribution is 5.94. The minimum atomic E-state index is -1.42. The molecule has 4 atom stereocenters. The molecule has 0 fully saturated rings. The van der Waals surface area contributed by atoms with Gasteiger partial charge in [-0.3, -0.25) is 19.2 Å². The van der Waals surface area contributed by atoms with Crippen molar-refractivity contribution in [1.29, 1.82) is 0 Å². The van der Waals surface area contributed by atoms with Crippen LogP contribution in [-0.2, 0) is 30.4 Å². The zero-order chi connectivity index (χ0) is 27.4. The second-order valence-corrected chi connectivity index (χ2v) is 9.55. The Morgan fingerprint density at radius 1 is 0.833 bits per heavy atom. The maximum absolute atomic E-state index is 13.1. The van der Waals surface area contributed by atoms with Crippen molar-refractivity contribution in [2.75, 3.05) is 0 Å². The Kier molecular flexibility index (Phi) is 12.6. The van der Waals surface area contributed by atoms with Gasteiger partial charge in [-0.15, -0.1) is 0 Å². The number of carbonyl (C=O) groups excluding carboxylic acids is 3. The van der Waals surface area contributed by atoms with Crippen LogP contribution < -0.4 is 21.7 Å². The third kappa shape index (κ3) is 10.9. The van der Waals surface area contributed by atoms with Gasteiger partial charge in [-0.2, -0.15) is 0 Å². The molecular formula is C25H38N4O7. The monoisotopic (exact) mass is 506 g/mol. The Labute approximate surface area is 211 Å². The van der Waals surface area contributed by atoms with E-state index >= 15 is 0 Å². The van der Waals surface area contributed by atoms with E-state index in [-0.39, 0.29) is 18.8 Å². The van der Waals surface area contributed by atoms with Crippen molar-refractivity contribution in [1.82, 2.24) is 16.0 Å². The molecule has 7 N–H and O–H groups in total. The van der Waals surface area contributed by atoms with Crippen LogP contribution >= 0.6 is 0 Å². The lowest BCUT2D eigenvalue weighted by molar-refractivity contribution is -0.143. The Bertz CT molecular complexity index is 905. The summed E-state index contributed by atoms with van der Waals surface area (Å²) in [6, 6.07) is 4.84.